The van der Waals surface area contributed by atoms with Gasteiger partial charge in [-0.1, -0.05) is 37.5 Å². The minimum absolute atomic E-state index is 0.197. The third kappa shape index (κ3) is 4.79. The Morgan fingerprint density at radius 2 is 1.76 bits per heavy atom. The summed E-state index contributed by atoms with van der Waals surface area (Å²) in [5.74, 6) is 2.28. The van der Waals surface area contributed by atoms with Crippen LogP contribution in [0.25, 0.3) is 6.08 Å². The van der Waals surface area contributed by atoms with E-state index in [0.29, 0.717) is 40.9 Å². The smallest absolute Gasteiger partial charge is 0.231 e. The number of ether oxygens (including phenoxy) is 5. The van der Waals surface area contributed by atoms with Gasteiger partial charge in [-0.05, 0) is 23.8 Å². The zero-order valence-corrected chi connectivity index (χ0v) is 16.2. The van der Waals surface area contributed by atoms with Crippen LogP contribution in [0.3, 0.4) is 0 Å². The summed E-state index contributed by atoms with van der Waals surface area (Å²) in [6.07, 6.45) is 6.38. The van der Waals surface area contributed by atoms with Crippen molar-refractivity contribution in [1.82, 2.24) is 0 Å². The molecule has 2 aromatic rings. The van der Waals surface area contributed by atoms with Gasteiger partial charge in [0.2, 0.25) is 6.79 Å². The molecule has 2 aromatic carbocycles. The Morgan fingerprint density at radius 3 is 2.52 bits per heavy atom. The molecular formula is C23H22O6. The molecule has 1 heterocycles. The summed E-state index contributed by atoms with van der Waals surface area (Å²) in [4.78, 5) is 13.0. The number of methoxy groups -OCH3 is 1. The Kier molecular flexibility index (Phi) is 6.58. The normalized spacial score (nSPS) is 11.9. The number of hydrogen-bond acceptors (Lipinski definition) is 6. The van der Waals surface area contributed by atoms with Crippen molar-refractivity contribution in [3.8, 4) is 28.7 Å². The fourth-order valence-corrected chi connectivity index (χ4v) is 2.74. The standard InChI is InChI=1S/C23H22O6/c1-4-10-26-17-13-21(25-3)23(22(14-17)27-11-5-2)18(24)8-6-16-7-9-19-20(12-16)29-15-28-19/h4-9,12-14H,1-2,10-11,15H2,3H3. The number of benzene rings is 2. The van der Waals surface area contributed by atoms with E-state index in [4.69, 9.17) is 23.7 Å². The molecule has 0 unspecified atom stereocenters. The summed E-state index contributed by atoms with van der Waals surface area (Å²) < 4.78 is 27.3. The number of carbonyl (C=O) groups excluding carboxylic acids is 1. The van der Waals surface area contributed by atoms with E-state index < -0.39 is 0 Å². The van der Waals surface area contributed by atoms with Crippen LogP contribution in [0.2, 0.25) is 0 Å². The van der Waals surface area contributed by atoms with Gasteiger partial charge in [-0.15, -0.1) is 0 Å². The van der Waals surface area contributed by atoms with Gasteiger partial charge in [0.05, 0.1) is 7.11 Å². The molecule has 0 amide bonds. The van der Waals surface area contributed by atoms with E-state index in [2.05, 4.69) is 13.2 Å². The SMILES string of the molecule is C=CCOc1cc(OC)c(C(=O)C=Cc2ccc3c(c2)OCO3)c(OCC=C)c1. The average molecular weight is 394 g/mol. The van der Waals surface area contributed by atoms with E-state index in [1.807, 2.05) is 12.1 Å². The van der Waals surface area contributed by atoms with E-state index >= 15 is 0 Å². The van der Waals surface area contributed by atoms with Crippen molar-refractivity contribution in [2.75, 3.05) is 27.1 Å². The molecule has 0 radical (unpaired) electrons. The molecular weight excluding hydrogens is 372 g/mol. The van der Waals surface area contributed by atoms with Gasteiger partial charge in [-0.2, -0.15) is 0 Å². The molecule has 6 nitrogen and oxygen atoms in total. The van der Waals surface area contributed by atoms with Crippen LogP contribution in [0.1, 0.15) is 15.9 Å². The van der Waals surface area contributed by atoms with Gasteiger partial charge in [0, 0.05) is 12.1 Å². The average Bonchev–Trinajstić information content (AvgIpc) is 3.21. The Labute approximate surface area is 169 Å². The number of fused-ring (bicyclic) bond motifs is 1. The fourth-order valence-electron chi connectivity index (χ4n) is 2.74. The van der Waals surface area contributed by atoms with Gasteiger partial charge in [0.25, 0.3) is 0 Å². The molecule has 29 heavy (non-hydrogen) atoms. The number of ketones is 1. The zero-order valence-electron chi connectivity index (χ0n) is 16.2. The molecule has 150 valence electrons. The molecule has 0 bridgehead atoms. The molecule has 3 rings (SSSR count). The van der Waals surface area contributed by atoms with Crippen molar-refractivity contribution >= 4 is 11.9 Å². The topological polar surface area (TPSA) is 63.2 Å². The highest BCUT2D eigenvalue weighted by atomic mass is 16.7. The zero-order chi connectivity index (χ0) is 20.6. The summed E-state index contributed by atoms with van der Waals surface area (Å²) in [6, 6.07) is 8.75. The molecule has 0 saturated carbocycles. The molecule has 0 fully saturated rings. The van der Waals surface area contributed by atoms with E-state index in [9.17, 15) is 4.79 Å². The molecule has 0 spiro atoms. The Bertz CT molecular complexity index is 945. The summed E-state index contributed by atoms with van der Waals surface area (Å²) in [7, 11) is 1.49. The Morgan fingerprint density at radius 1 is 1.03 bits per heavy atom. The Balaban J connectivity index is 1.90. The first-order chi connectivity index (χ1) is 14.2. The first kappa shape index (κ1) is 20.1. The number of hydrogen-bond donors (Lipinski definition) is 0. The van der Waals surface area contributed by atoms with Crippen LogP contribution in [0.4, 0.5) is 0 Å². The molecule has 0 aliphatic carbocycles. The van der Waals surface area contributed by atoms with Crippen LogP contribution in [0.15, 0.2) is 61.7 Å². The third-order valence-corrected chi connectivity index (χ3v) is 4.05. The van der Waals surface area contributed by atoms with Crippen molar-refractivity contribution < 1.29 is 28.5 Å². The minimum atomic E-state index is -0.270. The van der Waals surface area contributed by atoms with Crippen LogP contribution in [-0.2, 0) is 0 Å². The predicted molar refractivity (Wildman–Crippen MR) is 110 cm³/mol. The molecule has 0 atom stereocenters. The van der Waals surface area contributed by atoms with Crippen molar-refractivity contribution in [2.45, 2.75) is 0 Å². The van der Waals surface area contributed by atoms with Crippen LogP contribution >= 0.6 is 0 Å². The molecule has 0 saturated heterocycles. The van der Waals surface area contributed by atoms with Crippen LogP contribution in [-0.4, -0.2) is 32.9 Å². The summed E-state index contributed by atoms with van der Waals surface area (Å²) in [5.41, 5.74) is 1.11. The molecule has 0 N–H and O–H groups in total. The summed E-state index contributed by atoms with van der Waals surface area (Å²) >= 11 is 0. The molecule has 6 heteroatoms. The summed E-state index contributed by atoms with van der Waals surface area (Å²) in [6.45, 7) is 8.03. The number of allylic oxidation sites excluding steroid dienone is 1. The van der Waals surface area contributed by atoms with Gasteiger partial charge in [-0.3, -0.25) is 4.79 Å². The summed E-state index contributed by atoms with van der Waals surface area (Å²) in [5, 5.41) is 0. The van der Waals surface area contributed by atoms with E-state index in [0.717, 1.165) is 5.56 Å². The molecule has 0 aromatic heterocycles. The highest BCUT2D eigenvalue weighted by molar-refractivity contribution is 6.10. The highest BCUT2D eigenvalue weighted by Crippen LogP contribution is 2.36. The predicted octanol–water partition coefficient (Wildman–Crippen LogP) is 4.45. The van der Waals surface area contributed by atoms with Gasteiger partial charge in [-0.25, -0.2) is 0 Å². The maximum absolute atomic E-state index is 13.0. The van der Waals surface area contributed by atoms with E-state index in [1.165, 1.54) is 13.2 Å². The lowest BCUT2D eigenvalue weighted by Gasteiger charge is -2.15. The second kappa shape index (κ2) is 9.50. The Hall–Kier alpha value is -3.67. The van der Waals surface area contributed by atoms with Crippen molar-refractivity contribution in [2.24, 2.45) is 0 Å². The first-order valence-electron chi connectivity index (χ1n) is 8.97. The maximum Gasteiger partial charge on any atom is 0.231 e. The van der Waals surface area contributed by atoms with Crippen molar-refractivity contribution in [1.29, 1.82) is 0 Å². The fraction of sp³-hybridized carbons (Fsp3) is 0.174. The van der Waals surface area contributed by atoms with Crippen molar-refractivity contribution in [3.05, 3.63) is 72.8 Å². The number of carbonyl (C=O) groups is 1. The molecule has 1 aliphatic heterocycles. The van der Waals surface area contributed by atoms with Crippen LogP contribution in [0, 0.1) is 0 Å². The quantitative estimate of drug-likeness (QED) is 0.337. The monoisotopic (exact) mass is 394 g/mol. The third-order valence-electron chi connectivity index (χ3n) is 4.05. The molecule has 1 aliphatic rings. The van der Waals surface area contributed by atoms with Gasteiger partial charge >= 0.3 is 0 Å². The first-order valence-corrected chi connectivity index (χ1v) is 8.97. The van der Waals surface area contributed by atoms with Gasteiger partial charge in [0.1, 0.15) is 36.0 Å². The lowest BCUT2D eigenvalue weighted by molar-refractivity contribution is 0.104. The van der Waals surface area contributed by atoms with Crippen LogP contribution in [0.5, 0.6) is 28.7 Å². The largest absolute Gasteiger partial charge is 0.496 e. The highest BCUT2D eigenvalue weighted by Gasteiger charge is 2.19. The lowest BCUT2D eigenvalue weighted by atomic mass is 10.1. The van der Waals surface area contributed by atoms with E-state index in [-0.39, 0.29) is 19.2 Å². The van der Waals surface area contributed by atoms with Crippen LogP contribution < -0.4 is 23.7 Å². The maximum atomic E-state index is 13.0. The number of rotatable bonds is 10. The van der Waals surface area contributed by atoms with Gasteiger partial charge in [0.15, 0.2) is 17.3 Å². The second-order valence-corrected chi connectivity index (χ2v) is 6.01. The minimum Gasteiger partial charge on any atom is -0.496 e. The van der Waals surface area contributed by atoms with Crippen molar-refractivity contribution in [3.63, 3.8) is 0 Å². The van der Waals surface area contributed by atoms with E-state index in [1.54, 1.807) is 36.4 Å². The van der Waals surface area contributed by atoms with Gasteiger partial charge < -0.3 is 23.7 Å². The lowest BCUT2D eigenvalue weighted by Crippen LogP contribution is -2.06. The second-order valence-electron chi connectivity index (χ2n) is 6.01.